The van der Waals surface area contributed by atoms with E-state index in [0.717, 1.165) is 40.5 Å². The fourth-order valence-corrected chi connectivity index (χ4v) is 5.15. The second-order valence-electron chi connectivity index (χ2n) is 6.62. The molecule has 1 amide bonds. The normalized spacial score (nSPS) is 22.3. The summed E-state index contributed by atoms with van der Waals surface area (Å²) >= 11 is 4.85. The Morgan fingerprint density at radius 3 is 3.00 bits per heavy atom. The standard InChI is InChI=1S/C17H18BrN3O3S/c18-12-8-20-9-14-11(12)5-13(25-14)15(22)21-7-10-6-17(16(23)24-10)1-3-19-4-2-17/h5,8-10,19H,1-4,6-7H2,(H,21,22). The van der Waals surface area contributed by atoms with Crippen LogP contribution in [-0.2, 0) is 9.53 Å². The maximum atomic E-state index is 12.4. The molecule has 132 valence electrons. The van der Waals surface area contributed by atoms with Gasteiger partial charge in [-0.2, -0.15) is 0 Å². The van der Waals surface area contributed by atoms with E-state index in [-0.39, 0.29) is 23.4 Å². The molecule has 6 nitrogen and oxygen atoms in total. The summed E-state index contributed by atoms with van der Waals surface area (Å²) in [6.07, 6.45) is 5.54. The van der Waals surface area contributed by atoms with Gasteiger partial charge in [-0.05, 0) is 47.9 Å². The summed E-state index contributed by atoms with van der Waals surface area (Å²) in [4.78, 5) is 29.5. The minimum absolute atomic E-state index is 0.106. The van der Waals surface area contributed by atoms with Gasteiger partial charge in [0.05, 0.1) is 21.5 Å². The molecule has 1 atom stereocenters. The third-order valence-electron chi connectivity index (χ3n) is 5.00. The van der Waals surface area contributed by atoms with Gasteiger partial charge in [0.15, 0.2) is 0 Å². The van der Waals surface area contributed by atoms with Crippen LogP contribution in [0, 0.1) is 5.41 Å². The molecule has 0 aliphatic carbocycles. The molecule has 4 heterocycles. The first-order valence-corrected chi connectivity index (χ1v) is 9.91. The van der Waals surface area contributed by atoms with E-state index in [9.17, 15) is 9.59 Å². The number of halogens is 1. The smallest absolute Gasteiger partial charge is 0.312 e. The number of rotatable bonds is 3. The molecule has 0 saturated carbocycles. The summed E-state index contributed by atoms with van der Waals surface area (Å²) in [5.41, 5.74) is -0.352. The number of cyclic esters (lactones) is 1. The zero-order valence-corrected chi connectivity index (χ0v) is 15.9. The van der Waals surface area contributed by atoms with Crippen molar-refractivity contribution in [3.05, 3.63) is 27.8 Å². The van der Waals surface area contributed by atoms with Gasteiger partial charge in [-0.25, -0.2) is 0 Å². The van der Waals surface area contributed by atoms with Crippen LogP contribution < -0.4 is 10.6 Å². The number of carbonyl (C=O) groups is 2. The number of nitrogens with zero attached hydrogens (tertiary/aromatic N) is 1. The first kappa shape index (κ1) is 16.9. The van der Waals surface area contributed by atoms with Gasteiger partial charge in [-0.1, -0.05) is 0 Å². The lowest BCUT2D eigenvalue weighted by atomic mass is 9.76. The number of esters is 1. The Labute approximate surface area is 157 Å². The van der Waals surface area contributed by atoms with Crippen molar-refractivity contribution in [1.29, 1.82) is 0 Å². The number of amides is 1. The van der Waals surface area contributed by atoms with Crippen LogP contribution in [0.1, 0.15) is 28.9 Å². The molecule has 25 heavy (non-hydrogen) atoms. The minimum Gasteiger partial charge on any atom is -0.460 e. The Bertz CT molecular complexity index is 832. The largest absolute Gasteiger partial charge is 0.460 e. The predicted molar refractivity (Wildman–Crippen MR) is 98.7 cm³/mol. The molecule has 2 fully saturated rings. The first-order chi connectivity index (χ1) is 12.1. The van der Waals surface area contributed by atoms with Gasteiger partial charge >= 0.3 is 5.97 Å². The van der Waals surface area contributed by atoms with Crippen molar-refractivity contribution < 1.29 is 14.3 Å². The number of pyridine rings is 1. The fraction of sp³-hybridized carbons (Fsp3) is 0.471. The molecule has 2 saturated heterocycles. The van der Waals surface area contributed by atoms with Crippen LogP contribution in [-0.4, -0.2) is 42.6 Å². The number of carbonyl (C=O) groups excluding carboxylic acids is 2. The number of fused-ring (bicyclic) bond motifs is 1. The van der Waals surface area contributed by atoms with Crippen LogP contribution in [0.4, 0.5) is 0 Å². The van der Waals surface area contributed by atoms with Crippen molar-refractivity contribution in [1.82, 2.24) is 15.6 Å². The summed E-state index contributed by atoms with van der Waals surface area (Å²) in [5, 5.41) is 7.16. The molecular weight excluding hydrogens is 406 g/mol. The lowest BCUT2D eigenvalue weighted by molar-refractivity contribution is -0.149. The van der Waals surface area contributed by atoms with E-state index >= 15 is 0 Å². The molecule has 0 bridgehead atoms. The third-order valence-corrected chi connectivity index (χ3v) is 6.70. The van der Waals surface area contributed by atoms with Gasteiger partial charge < -0.3 is 15.4 Å². The molecule has 2 aromatic rings. The minimum atomic E-state index is -0.352. The molecule has 1 unspecified atom stereocenters. The Balaban J connectivity index is 1.40. The molecule has 2 aliphatic rings. The zero-order chi connectivity index (χ0) is 17.4. The topological polar surface area (TPSA) is 80.3 Å². The Morgan fingerprint density at radius 2 is 2.24 bits per heavy atom. The van der Waals surface area contributed by atoms with Gasteiger partial charge in [0, 0.05) is 28.7 Å². The summed E-state index contributed by atoms with van der Waals surface area (Å²) < 4.78 is 7.36. The van der Waals surface area contributed by atoms with E-state index in [2.05, 4.69) is 31.5 Å². The van der Waals surface area contributed by atoms with Crippen molar-refractivity contribution in [2.75, 3.05) is 19.6 Å². The summed E-state index contributed by atoms with van der Waals surface area (Å²) in [6, 6.07) is 1.86. The molecular formula is C17H18BrN3O3S. The molecule has 2 aliphatic heterocycles. The zero-order valence-electron chi connectivity index (χ0n) is 13.5. The van der Waals surface area contributed by atoms with Gasteiger partial charge in [0.2, 0.25) is 0 Å². The average molecular weight is 424 g/mol. The van der Waals surface area contributed by atoms with Crippen LogP contribution in [0.25, 0.3) is 10.1 Å². The van der Waals surface area contributed by atoms with Crippen molar-refractivity contribution in [3.63, 3.8) is 0 Å². The van der Waals surface area contributed by atoms with Crippen LogP contribution >= 0.6 is 27.3 Å². The Hall–Kier alpha value is -1.51. The van der Waals surface area contributed by atoms with Crippen molar-refractivity contribution in [3.8, 4) is 0 Å². The molecule has 8 heteroatoms. The first-order valence-electron chi connectivity index (χ1n) is 8.30. The van der Waals surface area contributed by atoms with E-state index in [4.69, 9.17) is 4.74 Å². The van der Waals surface area contributed by atoms with Gasteiger partial charge in [0.25, 0.3) is 5.91 Å². The molecule has 1 spiro atoms. The van der Waals surface area contributed by atoms with Crippen molar-refractivity contribution in [2.45, 2.75) is 25.4 Å². The number of hydrogen-bond donors (Lipinski definition) is 2. The highest BCUT2D eigenvalue weighted by atomic mass is 79.9. The summed E-state index contributed by atoms with van der Waals surface area (Å²) in [7, 11) is 0. The van der Waals surface area contributed by atoms with Crippen molar-refractivity contribution >= 4 is 49.2 Å². The maximum absolute atomic E-state index is 12.4. The number of piperidine rings is 1. The van der Waals surface area contributed by atoms with E-state index in [0.29, 0.717) is 17.8 Å². The number of nitrogens with one attached hydrogen (secondary N) is 2. The quantitative estimate of drug-likeness (QED) is 0.741. The number of thiophene rings is 1. The van der Waals surface area contributed by atoms with E-state index < -0.39 is 0 Å². The molecule has 4 rings (SSSR count). The fourth-order valence-electron chi connectivity index (χ4n) is 3.60. The molecule has 0 aromatic carbocycles. The van der Waals surface area contributed by atoms with Crippen LogP contribution in [0.15, 0.2) is 22.9 Å². The van der Waals surface area contributed by atoms with Gasteiger partial charge in [-0.15, -0.1) is 11.3 Å². The van der Waals surface area contributed by atoms with Crippen molar-refractivity contribution in [2.24, 2.45) is 5.41 Å². The summed E-state index contributed by atoms with van der Waals surface area (Å²) in [6.45, 7) is 2.05. The number of hydrogen-bond acceptors (Lipinski definition) is 6. The van der Waals surface area contributed by atoms with Gasteiger partial charge in [-0.3, -0.25) is 14.6 Å². The lowest BCUT2D eigenvalue weighted by Crippen LogP contribution is -2.39. The summed E-state index contributed by atoms with van der Waals surface area (Å²) in [5.74, 6) is -0.250. The molecule has 2 aromatic heterocycles. The second kappa shape index (κ2) is 6.66. The predicted octanol–water partition coefficient (Wildman–Crippen LogP) is 2.47. The van der Waals surface area contributed by atoms with Crippen LogP contribution in [0.5, 0.6) is 0 Å². The van der Waals surface area contributed by atoms with E-state index in [1.54, 1.807) is 12.4 Å². The third kappa shape index (κ3) is 3.18. The number of ether oxygens (including phenoxy) is 1. The highest BCUT2D eigenvalue weighted by molar-refractivity contribution is 9.10. The van der Waals surface area contributed by atoms with Crippen LogP contribution in [0.2, 0.25) is 0 Å². The van der Waals surface area contributed by atoms with Gasteiger partial charge in [0.1, 0.15) is 6.10 Å². The monoisotopic (exact) mass is 423 g/mol. The van der Waals surface area contributed by atoms with Crippen LogP contribution in [0.3, 0.4) is 0 Å². The van der Waals surface area contributed by atoms with E-state index in [1.807, 2.05) is 6.07 Å². The van der Waals surface area contributed by atoms with E-state index in [1.165, 1.54) is 11.3 Å². The Kier molecular flexibility index (Phi) is 4.51. The highest BCUT2D eigenvalue weighted by Crippen LogP contribution is 2.41. The second-order valence-corrected chi connectivity index (χ2v) is 8.55. The Morgan fingerprint density at radius 1 is 1.44 bits per heavy atom. The maximum Gasteiger partial charge on any atom is 0.312 e. The molecule has 0 radical (unpaired) electrons. The lowest BCUT2D eigenvalue weighted by Gasteiger charge is -2.29. The molecule has 2 N–H and O–H groups in total. The average Bonchev–Trinajstić information content (AvgIpc) is 3.17. The number of aromatic nitrogens is 1. The SMILES string of the molecule is O=C(NCC1CC2(CCNCC2)C(=O)O1)c1cc2c(Br)cncc2s1. The highest BCUT2D eigenvalue weighted by Gasteiger charge is 2.49.